The number of carbonyl (C=O) groups is 2. The van der Waals surface area contributed by atoms with Gasteiger partial charge in [0.15, 0.2) is 0 Å². The summed E-state index contributed by atoms with van der Waals surface area (Å²) in [7, 11) is 0. The van der Waals surface area contributed by atoms with Crippen molar-refractivity contribution in [3.05, 3.63) is 28.0 Å². The number of hydrogen-bond acceptors (Lipinski definition) is 3. The van der Waals surface area contributed by atoms with Gasteiger partial charge in [0.2, 0.25) is 0 Å². The summed E-state index contributed by atoms with van der Waals surface area (Å²) in [5.41, 5.74) is 0.176. The molecule has 1 aromatic rings. The van der Waals surface area contributed by atoms with E-state index < -0.39 is 17.9 Å². The van der Waals surface area contributed by atoms with Crippen molar-refractivity contribution < 1.29 is 14.7 Å². The number of nitrogens with zero attached hydrogens (tertiary/aromatic N) is 1. The lowest BCUT2D eigenvalue weighted by atomic mass is 10.2. The Labute approximate surface area is 108 Å². The summed E-state index contributed by atoms with van der Waals surface area (Å²) >= 11 is 11.3. The molecule has 1 heterocycles. The minimum atomic E-state index is -1.09. The summed E-state index contributed by atoms with van der Waals surface area (Å²) in [4.78, 5) is 26.1. The zero-order valence-corrected chi connectivity index (χ0v) is 10.4. The van der Waals surface area contributed by atoms with Crippen molar-refractivity contribution in [2.75, 3.05) is 0 Å². The van der Waals surface area contributed by atoms with Gasteiger partial charge in [-0.1, -0.05) is 30.1 Å². The maximum atomic E-state index is 11.7. The quantitative estimate of drug-likeness (QED) is 0.825. The molecule has 17 heavy (non-hydrogen) atoms. The zero-order chi connectivity index (χ0) is 13.0. The molecule has 2 N–H and O–H groups in total. The molecule has 0 saturated heterocycles. The molecule has 0 spiro atoms. The summed E-state index contributed by atoms with van der Waals surface area (Å²) < 4.78 is 0. The number of nitrogens with one attached hydrogen (secondary N) is 1. The number of aliphatic carboxylic acids is 1. The number of carboxylic acids is 1. The maximum absolute atomic E-state index is 11.7. The Kier molecular flexibility index (Phi) is 4.72. The van der Waals surface area contributed by atoms with Gasteiger partial charge in [-0.3, -0.25) is 4.79 Å². The van der Waals surface area contributed by atoms with E-state index in [9.17, 15) is 9.59 Å². The lowest BCUT2D eigenvalue weighted by Gasteiger charge is -2.12. The maximum Gasteiger partial charge on any atom is 0.326 e. The minimum Gasteiger partial charge on any atom is -0.480 e. The predicted octanol–water partition coefficient (Wildman–Crippen LogP) is 1.98. The fourth-order valence-corrected chi connectivity index (χ4v) is 1.64. The first-order valence-electron chi connectivity index (χ1n) is 4.80. The van der Waals surface area contributed by atoms with Crippen LogP contribution in [0.5, 0.6) is 0 Å². The van der Waals surface area contributed by atoms with Crippen molar-refractivity contribution in [3.8, 4) is 0 Å². The summed E-state index contributed by atoms with van der Waals surface area (Å²) in [6.45, 7) is 1.66. The van der Waals surface area contributed by atoms with Crippen LogP contribution in [0.25, 0.3) is 0 Å². The van der Waals surface area contributed by atoms with E-state index in [1.807, 2.05) is 0 Å². The number of amides is 1. The average molecular weight is 277 g/mol. The topological polar surface area (TPSA) is 79.3 Å². The van der Waals surface area contributed by atoms with Crippen molar-refractivity contribution in [1.29, 1.82) is 0 Å². The van der Waals surface area contributed by atoms with Crippen LogP contribution in [-0.2, 0) is 4.79 Å². The normalized spacial score (nSPS) is 11.9. The average Bonchev–Trinajstić information content (AvgIpc) is 2.23. The second kappa shape index (κ2) is 5.84. The monoisotopic (exact) mass is 276 g/mol. The molecule has 0 saturated carbocycles. The molecule has 1 atom stereocenters. The fourth-order valence-electron chi connectivity index (χ4n) is 1.18. The lowest BCUT2D eigenvalue weighted by Crippen LogP contribution is -2.40. The van der Waals surface area contributed by atoms with E-state index in [-0.39, 0.29) is 22.3 Å². The third-order valence-corrected chi connectivity index (χ3v) is 2.42. The highest BCUT2D eigenvalue weighted by atomic mass is 35.5. The van der Waals surface area contributed by atoms with Gasteiger partial charge in [0.25, 0.3) is 5.91 Å². The zero-order valence-electron chi connectivity index (χ0n) is 8.91. The Morgan fingerprint density at radius 1 is 1.41 bits per heavy atom. The predicted molar refractivity (Wildman–Crippen MR) is 63.4 cm³/mol. The Morgan fingerprint density at radius 3 is 2.35 bits per heavy atom. The fraction of sp³-hybridized carbons (Fsp3) is 0.300. The van der Waals surface area contributed by atoms with Crippen LogP contribution in [0, 0.1) is 0 Å². The lowest BCUT2D eigenvalue weighted by molar-refractivity contribution is -0.139. The van der Waals surface area contributed by atoms with Crippen LogP contribution in [-0.4, -0.2) is 28.0 Å². The van der Waals surface area contributed by atoms with Crippen molar-refractivity contribution >= 4 is 35.1 Å². The van der Waals surface area contributed by atoms with Crippen LogP contribution in [0.1, 0.15) is 23.7 Å². The SMILES string of the molecule is CC[C@@H](NC(=O)c1cc(Cl)nc(Cl)c1)C(=O)O. The number of pyridine rings is 1. The number of halogens is 2. The summed E-state index contributed by atoms with van der Waals surface area (Å²) in [5, 5.41) is 11.3. The van der Waals surface area contributed by atoms with E-state index >= 15 is 0 Å². The Balaban J connectivity index is 2.86. The van der Waals surface area contributed by atoms with Crippen molar-refractivity contribution in [1.82, 2.24) is 10.3 Å². The molecule has 0 radical (unpaired) electrons. The molecule has 1 amide bonds. The number of rotatable bonds is 4. The van der Waals surface area contributed by atoms with Crippen LogP contribution in [0.3, 0.4) is 0 Å². The van der Waals surface area contributed by atoms with Gasteiger partial charge < -0.3 is 10.4 Å². The van der Waals surface area contributed by atoms with Gasteiger partial charge in [-0.2, -0.15) is 0 Å². The molecule has 0 aliphatic heterocycles. The molecule has 0 fully saturated rings. The van der Waals surface area contributed by atoms with Crippen LogP contribution >= 0.6 is 23.2 Å². The standard InChI is InChI=1S/C10H10Cl2N2O3/c1-2-6(10(16)17)13-9(15)5-3-7(11)14-8(12)4-5/h3-4,6H,2H2,1H3,(H,13,15)(H,16,17)/t6-/m1/s1. The number of carbonyl (C=O) groups excluding carboxylic acids is 1. The molecule has 7 heteroatoms. The third-order valence-electron chi connectivity index (χ3n) is 2.04. The molecule has 1 aromatic heterocycles. The summed E-state index contributed by atoms with van der Waals surface area (Å²) in [6, 6.07) is 1.70. The van der Waals surface area contributed by atoms with E-state index in [1.165, 1.54) is 12.1 Å². The van der Waals surface area contributed by atoms with Crippen LogP contribution in [0.2, 0.25) is 10.3 Å². The number of carboxylic acid groups (broad SMARTS) is 1. The molecule has 0 aromatic carbocycles. The number of aromatic nitrogens is 1. The van der Waals surface area contributed by atoms with E-state index in [2.05, 4.69) is 10.3 Å². The van der Waals surface area contributed by atoms with Crippen molar-refractivity contribution in [2.24, 2.45) is 0 Å². The van der Waals surface area contributed by atoms with Crippen molar-refractivity contribution in [3.63, 3.8) is 0 Å². The van der Waals surface area contributed by atoms with E-state index in [0.29, 0.717) is 0 Å². The molecule has 0 aliphatic rings. The molecule has 0 bridgehead atoms. The molecule has 0 unspecified atom stereocenters. The highest BCUT2D eigenvalue weighted by Gasteiger charge is 2.19. The first kappa shape index (κ1) is 13.7. The molecule has 92 valence electrons. The first-order valence-corrected chi connectivity index (χ1v) is 5.56. The molecular weight excluding hydrogens is 267 g/mol. The summed E-state index contributed by atoms with van der Waals surface area (Å²) in [5.74, 6) is -1.64. The van der Waals surface area contributed by atoms with E-state index in [0.717, 1.165) is 0 Å². The van der Waals surface area contributed by atoms with Crippen LogP contribution < -0.4 is 5.32 Å². The van der Waals surface area contributed by atoms with Gasteiger partial charge in [0, 0.05) is 5.56 Å². The second-order valence-electron chi connectivity index (χ2n) is 3.27. The Morgan fingerprint density at radius 2 is 1.94 bits per heavy atom. The van der Waals surface area contributed by atoms with Gasteiger partial charge >= 0.3 is 5.97 Å². The van der Waals surface area contributed by atoms with E-state index in [1.54, 1.807) is 6.92 Å². The van der Waals surface area contributed by atoms with Crippen LogP contribution in [0.15, 0.2) is 12.1 Å². The van der Waals surface area contributed by atoms with Crippen molar-refractivity contribution in [2.45, 2.75) is 19.4 Å². The van der Waals surface area contributed by atoms with Gasteiger partial charge in [-0.25, -0.2) is 9.78 Å². The number of hydrogen-bond donors (Lipinski definition) is 2. The van der Waals surface area contributed by atoms with Gasteiger partial charge in [0.05, 0.1) is 0 Å². The minimum absolute atomic E-state index is 0.0750. The Bertz CT molecular complexity index is 431. The molecular formula is C10H10Cl2N2O3. The van der Waals surface area contributed by atoms with Crippen LogP contribution in [0.4, 0.5) is 0 Å². The molecule has 0 aliphatic carbocycles. The smallest absolute Gasteiger partial charge is 0.326 e. The second-order valence-corrected chi connectivity index (χ2v) is 4.05. The summed E-state index contributed by atoms with van der Waals surface area (Å²) in [6.07, 6.45) is 0.285. The van der Waals surface area contributed by atoms with Gasteiger partial charge in [-0.15, -0.1) is 0 Å². The highest BCUT2D eigenvalue weighted by molar-refractivity contribution is 6.33. The van der Waals surface area contributed by atoms with Gasteiger partial charge in [-0.05, 0) is 18.6 Å². The van der Waals surface area contributed by atoms with E-state index in [4.69, 9.17) is 28.3 Å². The molecule has 1 rings (SSSR count). The van der Waals surface area contributed by atoms with Gasteiger partial charge in [0.1, 0.15) is 16.3 Å². The first-order chi connectivity index (χ1) is 7.93. The largest absolute Gasteiger partial charge is 0.480 e. The molecule has 5 nitrogen and oxygen atoms in total. The Hall–Kier alpha value is -1.33. The highest BCUT2D eigenvalue weighted by Crippen LogP contribution is 2.14. The third kappa shape index (κ3) is 3.87.